The van der Waals surface area contributed by atoms with E-state index in [1.807, 2.05) is 0 Å². The summed E-state index contributed by atoms with van der Waals surface area (Å²) >= 11 is 0. The zero-order chi connectivity index (χ0) is 13.9. The average molecular weight is 252 g/mol. The number of hydrogen-bond donors (Lipinski definition) is 0. The van der Waals surface area contributed by atoms with Crippen LogP contribution >= 0.6 is 0 Å². The topological polar surface area (TPSA) is 52.6 Å². The minimum Gasteiger partial charge on any atom is -0.468 e. The molecule has 0 bridgehead atoms. The zero-order valence-corrected chi connectivity index (χ0v) is 11.2. The molecule has 1 rings (SSSR count). The largest absolute Gasteiger partial charge is 0.468 e. The van der Waals surface area contributed by atoms with Crippen LogP contribution in [0.5, 0.6) is 0 Å². The Morgan fingerprint density at radius 2 is 2.22 bits per heavy atom. The molecule has 0 aromatic heterocycles. The Morgan fingerprint density at radius 1 is 1.61 bits per heavy atom. The Balaban J connectivity index is 3.11. The molecular formula is C14H20O4. The maximum absolute atomic E-state index is 12.3. The fourth-order valence-corrected chi connectivity index (χ4v) is 2.19. The molecule has 0 saturated carbocycles. The summed E-state index contributed by atoms with van der Waals surface area (Å²) in [6.07, 6.45) is 2.09. The van der Waals surface area contributed by atoms with Crippen molar-refractivity contribution >= 4 is 11.8 Å². The summed E-state index contributed by atoms with van der Waals surface area (Å²) in [5, 5.41) is 0. The number of carbonyl (C=O) groups is 2. The molecule has 3 unspecified atom stereocenters. The summed E-state index contributed by atoms with van der Waals surface area (Å²) < 4.78 is 10.5. The maximum Gasteiger partial charge on any atom is 0.322 e. The third-order valence-corrected chi connectivity index (χ3v) is 3.51. The van der Waals surface area contributed by atoms with E-state index in [1.54, 1.807) is 19.9 Å². The molecule has 4 nitrogen and oxygen atoms in total. The lowest BCUT2D eigenvalue weighted by Crippen LogP contribution is -2.55. The van der Waals surface area contributed by atoms with Gasteiger partial charge in [0.25, 0.3) is 0 Å². The molecule has 1 aliphatic rings. The maximum atomic E-state index is 12.3. The normalized spacial score (nSPS) is 32.2. The molecule has 0 N–H and O–H groups in total. The van der Waals surface area contributed by atoms with Gasteiger partial charge in [-0.1, -0.05) is 12.7 Å². The molecule has 100 valence electrons. The highest BCUT2D eigenvalue weighted by atomic mass is 16.5. The number of allylic oxidation sites excluding steroid dienone is 1. The van der Waals surface area contributed by atoms with Crippen molar-refractivity contribution in [3.63, 3.8) is 0 Å². The Morgan fingerprint density at radius 3 is 2.72 bits per heavy atom. The van der Waals surface area contributed by atoms with E-state index >= 15 is 0 Å². The van der Waals surface area contributed by atoms with E-state index in [1.165, 1.54) is 7.11 Å². The van der Waals surface area contributed by atoms with Crippen LogP contribution in [-0.4, -0.2) is 31.1 Å². The van der Waals surface area contributed by atoms with Gasteiger partial charge in [0, 0.05) is 5.57 Å². The first-order valence-electron chi connectivity index (χ1n) is 5.98. The van der Waals surface area contributed by atoms with Crippen LogP contribution in [0.4, 0.5) is 0 Å². The first kappa shape index (κ1) is 14.6. The number of rotatable bonds is 4. The summed E-state index contributed by atoms with van der Waals surface area (Å²) in [5.74, 6) is -0.864. The van der Waals surface area contributed by atoms with Crippen molar-refractivity contribution in [3.05, 3.63) is 24.8 Å². The predicted molar refractivity (Wildman–Crippen MR) is 68.0 cm³/mol. The van der Waals surface area contributed by atoms with E-state index < -0.39 is 17.5 Å². The van der Waals surface area contributed by atoms with Crippen molar-refractivity contribution in [3.8, 4) is 0 Å². The lowest BCUT2D eigenvalue weighted by atomic mass is 9.72. The quantitative estimate of drug-likeness (QED) is 0.332. The SMILES string of the molecule is C=CCCC1OC(C)C(=C)C(=O)C1(C)C(=O)OC. The molecule has 1 aliphatic heterocycles. The van der Waals surface area contributed by atoms with Gasteiger partial charge in [-0.05, 0) is 26.7 Å². The number of Topliss-reactive ketones (excluding diaryl/α,β-unsaturated/α-hetero) is 1. The van der Waals surface area contributed by atoms with Crippen LogP contribution in [0.15, 0.2) is 24.8 Å². The van der Waals surface area contributed by atoms with Gasteiger partial charge in [0.15, 0.2) is 11.2 Å². The Hall–Kier alpha value is -1.42. The third kappa shape index (κ3) is 2.25. The fraction of sp³-hybridized carbons (Fsp3) is 0.571. The van der Waals surface area contributed by atoms with E-state index in [4.69, 9.17) is 9.47 Å². The summed E-state index contributed by atoms with van der Waals surface area (Å²) in [4.78, 5) is 24.3. The molecule has 0 spiro atoms. The minimum absolute atomic E-state index is 0.290. The second-order valence-electron chi connectivity index (χ2n) is 4.68. The van der Waals surface area contributed by atoms with Gasteiger partial charge >= 0.3 is 5.97 Å². The number of ether oxygens (including phenoxy) is 2. The molecule has 18 heavy (non-hydrogen) atoms. The van der Waals surface area contributed by atoms with Crippen LogP contribution in [-0.2, 0) is 19.1 Å². The van der Waals surface area contributed by atoms with Crippen LogP contribution in [0, 0.1) is 5.41 Å². The highest BCUT2D eigenvalue weighted by Gasteiger charge is 2.54. The van der Waals surface area contributed by atoms with Crippen molar-refractivity contribution in [2.24, 2.45) is 5.41 Å². The van der Waals surface area contributed by atoms with Gasteiger partial charge in [-0.3, -0.25) is 9.59 Å². The van der Waals surface area contributed by atoms with Gasteiger partial charge in [-0.15, -0.1) is 6.58 Å². The average Bonchev–Trinajstić information content (AvgIpc) is 2.37. The van der Waals surface area contributed by atoms with Crippen LogP contribution < -0.4 is 0 Å². The molecular weight excluding hydrogens is 232 g/mol. The van der Waals surface area contributed by atoms with Gasteiger partial charge < -0.3 is 9.47 Å². The summed E-state index contributed by atoms with van der Waals surface area (Å²) in [5.41, 5.74) is -0.987. The molecule has 0 radical (unpaired) electrons. The number of carbonyl (C=O) groups excluding carboxylic acids is 2. The van der Waals surface area contributed by atoms with Gasteiger partial charge in [0.05, 0.1) is 19.3 Å². The van der Waals surface area contributed by atoms with Crippen LogP contribution in [0.1, 0.15) is 26.7 Å². The van der Waals surface area contributed by atoms with Crippen molar-refractivity contribution in [1.82, 2.24) is 0 Å². The smallest absolute Gasteiger partial charge is 0.322 e. The number of ketones is 1. The molecule has 0 aromatic rings. The van der Waals surface area contributed by atoms with E-state index in [-0.39, 0.29) is 11.9 Å². The third-order valence-electron chi connectivity index (χ3n) is 3.51. The molecule has 3 atom stereocenters. The Bertz CT molecular complexity index is 385. The molecule has 1 saturated heterocycles. The first-order valence-corrected chi connectivity index (χ1v) is 5.98. The molecule has 4 heteroatoms. The minimum atomic E-state index is -1.30. The van der Waals surface area contributed by atoms with Crippen molar-refractivity contribution in [2.45, 2.75) is 38.9 Å². The number of esters is 1. The van der Waals surface area contributed by atoms with E-state index in [9.17, 15) is 9.59 Å². The Labute approximate surface area is 108 Å². The van der Waals surface area contributed by atoms with Gasteiger partial charge in [0.2, 0.25) is 0 Å². The molecule has 0 aliphatic carbocycles. The second kappa shape index (κ2) is 5.48. The number of methoxy groups -OCH3 is 1. The molecule has 0 aromatic carbocycles. The fourth-order valence-electron chi connectivity index (χ4n) is 2.19. The standard InChI is InChI=1S/C14H20O4/c1-6-7-8-11-14(4,13(16)17-5)12(15)9(2)10(3)18-11/h6,10-11H,1-2,7-8H2,3-5H3. The lowest BCUT2D eigenvalue weighted by Gasteiger charge is -2.41. The van der Waals surface area contributed by atoms with Crippen LogP contribution in [0.3, 0.4) is 0 Å². The summed E-state index contributed by atoms with van der Waals surface area (Å²) in [7, 11) is 1.27. The summed E-state index contributed by atoms with van der Waals surface area (Å²) in [6.45, 7) is 10.7. The van der Waals surface area contributed by atoms with Gasteiger partial charge in [-0.2, -0.15) is 0 Å². The van der Waals surface area contributed by atoms with Crippen molar-refractivity contribution in [2.75, 3.05) is 7.11 Å². The second-order valence-corrected chi connectivity index (χ2v) is 4.68. The van der Waals surface area contributed by atoms with Gasteiger partial charge in [0.1, 0.15) is 0 Å². The van der Waals surface area contributed by atoms with Crippen LogP contribution in [0.25, 0.3) is 0 Å². The lowest BCUT2D eigenvalue weighted by molar-refractivity contribution is -0.175. The monoisotopic (exact) mass is 252 g/mol. The molecule has 0 amide bonds. The Kier molecular flexibility index (Phi) is 4.46. The highest BCUT2D eigenvalue weighted by Crippen LogP contribution is 2.39. The molecule has 1 heterocycles. The van der Waals surface area contributed by atoms with E-state index in [0.717, 1.165) is 0 Å². The predicted octanol–water partition coefficient (Wildman–Crippen LogP) is 2.04. The summed E-state index contributed by atoms with van der Waals surface area (Å²) in [6, 6.07) is 0. The molecule has 1 fully saturated rings. The highest BCUT2D eigenvalue weighted by molar-refractivity contribution is 6.13. The van der Waals surface area contributed by atoms with Crippen molar-refractivity contribution < 1.29 is 19.1 Å². The number of hydrogen-bond acceptors (Lipinski definition) is 4. The van der Waals surface area contributed by atoms with Gasteiger partial charge in [-0.25, -0.2) is 0 Å². The first-order chi connectivity index (χ1) is 8.39. The van der Waals surface area contributed by atoms with Crippen molar-refractivity contribution in [1.29, 1.82) is 0 Å². The van der Waals surface area contributed by atoms with E-state index in [0.29, 0.717) is 18.4 Å². The van der Waals surface area contributed by atoms with Crippen LogP contribution in [0.2, 0.25) is 0 Å². The van der Waals surface area contributed by atoms with E-state index in [2.05, 4.69) is 13.2 Å². The zero-order valence-electron chi connectivity index (χ0n) is 11.2.